The number of aliphatic carboxylic acids is 1. The third kappa shape index (κ3) is 3.63. The number of benzene rings is 1. The van der Waals surface area contributed by atoms with E-state index in [9.17, 15) is 13.2 Å². The molecule has 0 radical (unpaired) electrons. The standard InChI is InChI=1S/C12H15Cl2NO4S/c1-3-8(2)15(7-11(16)17)20(18,19)12-9(13)5-4-6-10(12)14/h4-6,8H,3,7H2,1-2H3,(H,16,17). The zero-order valence-corrected chi connectivity index (χ0v) is 13.3. The molecule has 0 heterocycles. The van der Waals surface area contributed by atoms with E-state index in [1.54, 1.807) is 13.8 Å². The largest absolute Gasteiger partial charge is 0.480 e. The molecule has 0 aromatic heterocycles. The Morgan fingerprint density at radius 1 is 1.35 bits per heavy atom. The predicted molar refractivity (Wildman–Crippen MR) is 77.7 cm³/mol. The number of carboxylic acid groups (broad SMARTS) is 1. The zero-order valence-electron chi connectivity index (χ0n) is 11.0. The van der Waals surface area contributed by atoms with Gasteiger partial charge in [0.15, 0.2) is 0 Å². The molecule has 1 atom stereocenters. The second-order valence-corrected chi connectivity index (χ2v) is 6.89. The Labute approximate surface area is 128 Å². The molecule has 0 saturated heterocycles. The Bertz CT molecular complexity index is 583. The summed E-state index contributed by atoms with van der Waals surface area (Å²) in [6, 6.07) is 3.84. The number of halogens is 2. The van der Waals surface area contributed by atoms with E-state index < -0.39 is 28.6 Å². The van der Waals surface area contributed by atoms with Crippen LogP contribution < -0.4 is 0 Å². The van der Waals surface area contributed by atoms with Gasteiger partial charge in [-0.05, 0) is 25.5 Å². The molecule has 0 aliphatic rings. The molecule has 20 heavy (non-hydrogen) atoms. The van der Waals surface area contributed by atoms with Gasteiger partial charge in [0.1, 0.15) is 11.4 Å². The van der Waals surface area contributed by atoms with E-state index in [1.165, 1.54) is 18.2 Å². The third-order valence-electron chi connectivity index (χ3n) is 2.86. The molecule has 0 saturated carbocycles. The molecule has 1 N–H and O–H groups in total. The van der Waals surface area contributed by atoms with Gasteiger partial charge in [0.05, 0.1) is 10.0 Å². The van der Waals surface area contributed by atoms with E-state index in [2.05, 4.69) is 0 Å². The topological polar surface area (TPSA) is 74.7 Å². The van der Waals surface area contributed by atoms with Crippen LogP contribution in [0.1, 0.15) is 20.3 Å². The summed E-state index contributed by atoms with van der Waals surface area (Å²) >= 11 is 11.8. The molecule has 1 unspecified atom stereocenters. The van der Waals surface area contributed by atoms with Gasteiger partial charge >= 0.3 is 5.97 Å². The van der Waals surface area contributed by atoms with Crippen LogP contribution in [-0.2, 0) is 14.8 Å². The van der Waals surface area contributed by atoms with E-state index in [-0.39, 0.29) is 14.9 Å². The monoisotopic (exact) mass is 339 g/mol. The van der Waals surface area contributed by atoms with Crippen molar-refractivity contribution in [3.8, 4) is 0 Å². The summed E-state index contributed by atoms with van der Waals surface area (Å²) in [6.07, 6.45) is 0.467. The average molecular weight is 340 g/mol. The molecule has 0 aliphatic carbocycles. The smallest absolute Gasteiger partial charge is 0.318 e. The first kappa shape index (κ1) is 17.2. The van der Waals surface area contributed by atoms with Gasteiger partial charge in [-0.25, -0.2) is 8.42 Å². The fraction of sp³-hybridized carbons (Fsp3) is 0.417. The van der Waals surface area contributed by atoms with Crippen molar-refractivity contribution in [2.24, 2.45) is 0 Å². The quantitative estimate of drug-likeness (QED) is 0.864. The maximum atomic E-state index is 12.6. The Balaban J connectivity index is 3.40. The number of rotatable bonds is 6. The van der Waals surface area contributed by atoms with Crippen molar-refractivity contribution in [2.45, 2.75) is 31.2 Å². The summed E-state index contributed by atoms with van der Waals surface area (Å²) in [5.74, 6) is -1.24. The molecule has 112 valence electrons. The van der Waals surface area contributed by atoms with Gasteiger partial charge in [0, 0.05) is 6.04 Å². The fourth-order valence-electron chi connectivity index (χ4n) is 1.66. The van der Waals surface area contributed by atoms with E-state index in [1.807, 2.05) is 0 Å². The van der Waals surface area contributed by atoms with Gasteiger partial charge < -0.3 is 5.11 Å². The van der Waals surface area contributed by atoms with Gasteiger partial charge in [-0.2, -0.15) is 4.31 Å². The van der Waals surface area contributed by atoms with Crippen molar-refractivity contribution in [3.05, 3.63) is 28.2 Å². The predicted octanol–water partition coefficient (Wildman–Crippen LogP) is 2.87. The molecule has 5 nitrogen and oxygen atoms in total. The van der Waals surface area contributed by atoms with Crippen LogP contribution in [0.2, 0.25) is 10.0 Å². The molecule has 8 heteroatoms. The molecule has 0 fully saturated rings. The molecule has 0 bridgehead atoms. The van der Waals surface area contributed by atoms with Crippen molar-refractivity contribution >= 4 is 39.2 Å². The van der Waals surface area contributed by atoms with Crippen LogP contribution >= 0.6 is 23.2 Å². The van der Waals surface area contributed by atoms with E-state index >= 15 is 0 Å². The van der Waals surface area contributed by atoms with E-state index in [0.29, 0.717) is 6.42 Å². The lowest BCUT2D eigenvalue weighted by Gasteiger charge is -2.26. The molecule has 1 aromatic carbocycles. The van der Waals surface area contributed by atoms with Crippen molar-refractivity contribution in [2.75, 3.05) is 6.54 Å². The van der Waals surface area contributed by atoms with Crippen LogP contribution in [0, 0.1) is 0 Å². The van der Waals surface area contributed by atoms with Crippen LogP contribution in [0.5, 0.6) is 0 Å². The van der Waals surface area contributed by atoms with Crippen molar-refractivity contribution < 1.29 is 18.3 Å². The lowest BCUT2D eigenvalue weighted by Crippen LogP contribution is -2.41. The van der Waals surface area contributed by atoms with Crippen LogP contribution in [-0.4, -0.2) is 36.4 Å². The molecule has 0 spiro atoms. The summed E-state index contributed by atoms with van der Waals surface area (Å²) < 4.78 is 26.1. The fourth-order valence-corrected chi connectivity index (χ4v) is 4.41. The van der Waals surface area contributed by atoms with Crippen LogP contribution in [0.3, 0.4) is 0 Å². The summed E-state index contributed by atoms with van der Waals surface area (Å²) in [7, 11) is -4.08. The van der Waals surface area contributed by atoms with Crippen LogP contribution in [0.4, 0.5) is 0 Å². The van der Waals surface area contributed by atoms with Gasteiger partial charge in [-0.15, -0.1) is 0 Å². The normalized spacial score (nSPS) is 13.4. The molecule has 1 rings (SSSR count). The van der Waals surface area contributed by atoms with Gasteiger partial charge in [-0.3, -0.25) is 4.79 Å². The van der Waals surface area contributed by atoms with Gasteiger partial charge in [0.25, 0.3) is 0 Å². The highest BCUT2D eigenvalue weighted by Gasteiger charge is 2.33. The lowest BCUT2D eigenvalue weighted by atomic mass is 10.2. The molecular formula is C12H15Cl2NO4S. The highest BCUT2D eigenvalue weighted by atomic mass is 35.5. The van der Waals surface area contributed by atoms with Crippen molar-refractivity contribution in [1.29, 1.82) is 0 Å². The number of sulfonamides is 1. The number of carboxylic acids is 1. The Morgan fingerprint density at radius 2 is 1.85 bits per heavy atom. The molecule has 0 amide bonds. The highest BCUT2D eigenvalue weighted by Crippen LogP contribution is 2.32. The molecule has 0 aliphatic heterocycles. The molecule has 1 aromatic rings. The average Bonchev–Trinajstić information content (AvgIpc) is 2.34. The maximum Gasteiger partial charge on any atom is 0.318 e. The maximum absolute atomic E-state index is 12.6. The number of hydrogen-bond donors (Lipinski definition) is 1. The Kier molecular flexibility index (Phi) is 5.82. The first-order valence-corrected chi connectivity index (χ1v) is 8.09. The van der Waals surface area contributed by atoms with Gasteiger partial charge in [0.2, 0.25) is 10.0 Å². The minimum Gasteiger partial charge on any atom is -0.480 e. The summed E-state index contributed by atoms with van der Waals surface area (Å²) in [4.78, 5) is 10.6. The van der Waals surface area contributed by atoms with Gasteiger partial charge in [-0.1, -0.05) is 36.2 Å². The van der Waals surface area contributed by atoms with Crippen LogP contribution in [0.15, 0.2) is 23.1 Å². The minimum absolute atomic E-state index is 0.0313. The first-order chi connectivity index (χ1) is 9.21. The van der Waals surface area contributed by atoms with Crippen molar-refractivity contribution in [3.63, 3.8) is 0 Å². The second kappa shape index (κ2) is 6.76. The minimum atomic E-state index is -4.08. The number of nitrogens with zero attached hydrogens (tertiary/aromatic N) is 1. The summed E-state index contributed by atoms with van der Waals surface area (Å²) in [5, 5.41) is 8.84. The highest BCUT2D eigenvalue weighted by molar-refractivity contribution is 7.89. The van der Waals surface area contributed by atoms with Crippen molar-refractivity contribution in [1.82, 2.24) is 4.31 Å². The Morgan fingerprint density at radius 3 is 2.25 bits per heavy atom. The lowest BCUT2D eigenvalue weighted by molar-refractivity contribution is -0.137. The second-order valence-electron chi connectivity index (χ2n) is 4.25. The zero-order chi connectivity index (χ0) is 15.5. The number of hydrogen-bond acceptors (Lipinski definition) is 3. The Hall–Kier alpha value is -0.820. The van der Waals surface area contributed by atoms with E-state index in [4.69, 9.17) is 28.3 Å². The number of carbonyl (C=O) groups is 1. The third-order valence-corrected chi connectivity index (χ3v) is 5.78. The first-order valence-electron chi connectivity index (χ1n) is 5.89. The van der Waals surface area contributed by atoms with E-state index in [0.717, 1.165) is 4.31 Å². The SMILES string of the molecule is CCC(C)N(CC(=O)O)S(=O)(=O)c1c(Cl)cccc1Cl. The molecular weight excluding hydrogens is 325 g/mol. The summed E-state index contributed by atoms with van der Waals surface area (Å²) in [6.45, 7) is 2.76. The summed E-state index contributed by atoms with van der Waals surface area (Å²) in [5.41, 5.74) is 0. The van der Waals surface area contributed by atoms with Crippen LogP contribution in [0.25, 0.3) is 0 Å².